The first-order valence-corrected chi connectivity index (χ1v) is 7.65. The molecule has 0 fully saturated rings. The van der Waals surface area contributed by atoms with Crippen molar-refractivity contribution in [3.63, 3.8) is 0 Å². The van der Waals surface area contributed by atoms with Gasteiger partial charge in [-0.25, -0.2) is 0 Å². The number of benzene rings is 2. The maximum absolute atomic E-state index is 5.90. The molecular formula is C20H22O. The largest absolute Gasteiger partial charge is 0.488 e. The summed E-state index contributed by atoms with van der Waals surface area (Å²) in [5, 5.41) is 0. The highest BCUT2D eigenvalue weighted by Gasteiger charge is 2.00. The van der Waals surface area contributed by atoms with Gasteiger partial charge in [0.1, 0.15) is 12.4 Å². The predicted octanol–water partition coefficient (Wildman–Crippen LogP) is 5.20. The molecule has 2 aromatic carbocycles. The van der Waals surface area contributed by atoms with Crippen molar-refractivity contribution in [1.29, 1.82) is 0 Å². The zero-order chi connectivity index (χ0) is 14.8. The Morgan fingerprint density at radius 2 is 1.67 bits per heavy atom. The van der Waals surface area contributed by atoms with Crippen molar-refractivity contribution in [3.05, 3.63) is 65.7 Å². The molecule has 2 aromatic rings. The molecule has 1 heteroatoms. The van der Waals surface area contributed by atoms with Crippen LogP contribution in [0.2, 0.25) is 0 Å². The van der Waals surface area contributed by atoms with Crippen molar-refractivity contribution in [2.45, 2.75) is 39.2 Å². The molecule has 0 unspecified atom stereocenters. The highest BCUT2D eigenvalue weighted by Crippen LogP contribution is 2.18. The molecule has 0 bridgehead atoms. The Morgan fingerprint density at radius 3 is 2.48 bits per heavy atom. The minimum absolute atomic E-state index is 0.579. The zero-order valence-corrected chi connectivity index (χ0v) is 12.6. The Labute approximate surface area is 128 Å². The summed E-state index contributed by atoms with van der Waals surface area (Å²) in [5.41, 5.74) is 2.15. The van der Waals surface area contributed by atoms with E-state index in [4.69, 9.17) is 4.74 Å². The van der Waals surface area contributed by atoms with Gasteiger partial charge in [-0.05, 0) is 24.1 Å². The van der Waals surface area contributed by atoms with E-state index in [1.165, 1.54) is 24.8 Å². The topological polar surface area (TPSA) is 9.23 Å². The number of hydrogen-bond donors (Lipinski definition) is 0. The first kappa shape index (κ1) is 15.2. The van der Waals surface area contributed by atoms with Crippen LogP contribution in [0.15, 0.2) is 54.6 Å². The summed E-state index contributed by atoms with van der Waals surface area (Å²) in [6.07, 6.45) is 4.62. The van der Waals surface area contributed by atoms with Crippen LogP contribution in [-0.2, 0) is 6.61 Å². The maximum Gasteiger partial charge on any atom is 0.135 e. The van der Waals surface area contributed by atoms with E-state index >= 15 is 0 Å². The molecule has 0 N–H and O–H groups in total. The van der Waals surface area contributed by atoms with E-state index in [0.29, 0.717) is 6.61 Å². The lowest BCUT2D eigenvalue weighted by atomic mass is 10.1. The average molecular weight is 278 g/mol. The van der Waals surface area contributed by atoms with Gasteiger partial charge >= 0.3 is 0 Å². The second-order valence-corrected chi connectivity index (χ2v) is 5.03. The number of hydrogen-bond acceptors (Lipinski definition) is 1. The Balaban J connectivity index is 1.96. The van der Waals surface area contributed by atoms with Gasteiger partial charge in [0.05, 0.1) is 5.56 Å². The second kappa shape index (κ2) is 8.87. The molecule has 0 aromatic heterocycles. The monoisotopic (exact) mass is 278 g/mol. The molecule has 0 aliphatic heterocycles. The highest BCUT2D eigenvalue weighted by atomic mass is 16.5. The molecule has 0 spiro atoms. The Bertz CT molecular complexity index is 590. The van der Waals surface area contributed by atoms with Crippen LogP contribution in [0.3, 0.4) is 0 Å². The van der Waals surface area contributed by atoms with Gasteiger partial charge in [0.15, 0.2) is 0 Å². The van der Waals surface area contributed by atoms with Crippen LogP contribution >= 0.6 is 0 Å². The fraction of sp³-hybridized carbons (Fsp3) is 0.300. The number of ether oxygens (including phenoxy) is 1. The van der Waals surface area contributed by atoms with Crippen LogP contribution in [0.5, 0.6) is 5.75 Å². The third-order valence-electron chi connectivity index (χ3n) is 3.25. The van der Waals surface area contributed by atoms with E-state index in [9.17, 15) is 0 Å². The van der Waals surface area contributed by atoms with Crippen molar-refractivity contribution >= 4 is 0 Å². The van der Waals surface area contributed by atoms with Gasteiger partial charge in [-0.1, -0.05) is 74.1 Å². The number of rotatable bonds is 6. The fourth-order valence-electron chi connectivity index (χ4n) is 2.05. The molecule has 0 saturated carbocycles. The zero-order valence-electron chi connectivity index (χ0n) is 12.6. The van der Waals surface area contributed by atoms with Crippen molar-refractivity contribution in [1.82, 2.24) is 0 Å². The summed E-state index contributed by atoms with van der Waals surface area (Å²) in [4.78, 5) is 0. The molecule has 1 nitrogen and oxygen atoms in total. The quantitative estimate of drug-likeness (QED) is 0.521. The minimum atomic E-state index is 0.579. The molecule has 2 rings (SSSR count). The Kier molecular flexibility index (Phi) is 6.42. The molecule has 0 aliphatic rings. The second-order valence-electron chi connectivity index (χ2n) is 5.03. The van der Waals surface area contributed by atoms with E-state index < -0.39 is 0 Å². The van der Waals surface area contributed by atoms with Gasteiger partial charge in [0.2, 0.25) is 0 Å². The van der Waals surface area contributed by atoms with E-state index in [2.05, 4.69) is 30.9 Å². The first-order valence-electron chi connectivity index (χ1n) is 7.65. The maximum atomic E-state index is 5.90. The third-order valence-corrected chi connectivity index (χ3v) is 3.25. The smallest absolute Gasteiger partial charge is 0.135 e. The summed E-state index contributed by atoms with van der Waals surface area (Å²) in [7, 11) is 0. The Morgan fingerprint density at radius 1 is 0.905 bits per heavy atom. The molecule has 0 radical (unpaired) electrons. The summed E-state index contributed by atoms with van der Waals surface area (Å²) in [6.45, 7) is 2.79. The molecule has 21 heavy (non-hydrogen) atoms. The molecule has 0 heterocycles. The highest BCUT2D eigenvalue weighted by molar-refractivity contribution is 5.45. The van der Waals surface area contributed by atoms with Crippen LogP contribution in [0.1, 0.15) is 43.7 Å². The van der Waals surface area contributed by atoms with Gasteiger partial charge in [-0.3, -0.25) is 0 Å². The third kappa shape index (κ3) is 5.36. The van der Waals surface area contributed by atoms with Crippen LogP contribution in [-0.4, -0.2) is 0 Å². The standard InChI is InChI=1S/C20H22O/c1-2-3-4-5-9-14-19-15-10-11-16-20(19)21-17-18-12-7-6-8-13-18/h6-8,10-13,15-16H,2-5,17H2,1H3. The van der Waals surface area contributed by atoms with Gasteiger partial charge in [-0.2, -0.15) is 0 Å². The SMILES string of the molecule is CCCCCC#Cc1ccccc1OCc1ccccc1. The van der Waals surface area contributed by atoms with Crippen molar-refractivity contribution in [2.75, 3.05) is 0 Å². The van der Waals surface area contributed by atoms with Crippen molar-refractivity contribution < 1.29 is 4.74 Å². The average Bonchev–Trinajstić information content (AvgIpc) is 2.55. The number of para-hydroxylation sites is 1. The molecular weight excluding hydrogens is 256 g/mol. The first-order chi connectivity index (χ1) is 10.4. The van der Waals surface area contributed by atoms with E-state index in [1.807, 2.05) is 42.5 Å². The van der Waals surface area contributed by atoms with E-state index in [1.54, 1.807) is 0 Å². The van der Waals surface area contributed by atoms with E-state index in [-0.39, 0.29) is 0 Å². The molecule has 0 saturated heterocycles. The van der Waals surface area contributed by atoms with Crippen molar-refractivity contribution in [2.24, 2.45) is 0 Å². The van der Waals surface area contributed by atoms with Crippen LogP contribution in [0.25, 0.3) is 0 Å². The van der Waals surface area contributed by atoms with Gasteiger partial charge in [0, 0.05) is 6.42 Å². The lowest BCUT2D eigenvalue weighted by Crippen LogP contribution is -1.96. The van der Waals surface area contributed by atoms with Crippen LogP contribution in [0.4, 0.5) is 0 Å². The Hall–Kier alpha value is -2.20. The lowest BCUT2D eigenvalue weighted by molar-refractivity contribution is 0.305. The number of unbranched alkanes of at least 4 members (excludes halogenated alkanes) is 3. The summed E-state index contributed by atoms with van der Waals surface area (Å²) in [5.74, 6) is 7.34. The fourth-order valence-corrected chi connectivity index (χ4v) is 2.05. The van der Waals surface area contributed by atoms with Gasteiger partial charge in [-0.15, -0.1) is 0 Å². The molecule has 0 aliphatic carbocycles. The van der Waals surface area contributed by atoms with Crippen LogP contribution < -0.4 is 4.74 Å². The van der Waals surface area contributed by atoms with Crippen molar-refractivity contribution in [3.8, 4) is 17.6 Å². The summed E-state index contributed by atoms with van der Waals surface area (Å²) >= 11 is 0. The van der Waals surface area contributed by atoms with E-state index in [0.717, 1.165) is 17.7 Å². The molecule has 0 atom stereocenters. The summed E-state index contributed by atoms with van der Waals surface area (Å²) < 4.78 is 5.90. The minimum Gasteiger partial charge on any atom is -0.488 e. The predicted molar refractivity (Wildman–Crippen MR) is 88.2 cm³/mol. The lowest BCUT2D eigenvalue weighted by Gasteiger charge is -2.08. The van der Waals surface area contributed by atoms with Gasteiger partial charge in [0.25, 0.3) is 0 Å². The van der Waals surface area contributed by atoms with Gasteiger partial charge < -0.3 is 4.74 Å². The molecule has 108 valence electrons. The summed E-state index contributed by atoms with van der Waals surface area (Å²) in [6, 6.07) is 18.2. The normalized spacial score (nSPS) is 9.76. The van der Waals surface area contributed by atoms with Crippen LogP contribution in [0, 0.1) is 11.8 Å². The molecule has 0 amide bonds.